The number of hydrogen-bond donors (Lipinski definition) is 0. The molecule has 15 heavy (non-hydrogen) atoms. The maximum Gasteiger partial charge on any atom is 0.175 e. The van der Waals surface area contributed by atoms with Crippen molar-refractivity contribution in [3.63, 3.8) is 0 Å². The first-order chi connectivity index (χ1) is 6.86. The van der Waals surface area contributed by atoms with Crippen LogP contribution < -0.4 is 0 Å². The van der Waals surface area contributed by atoms with Crippen LogP contribution in [0.5, 0.6) is 0 Å². The van der Waals surface area contributed by atoms with Crippen molar-refractivity contribution in [2.75, 3.05) is 6.26 Å². The molecule has 0 aliphatic rings. The number of carbonyl (C=O) groups excluding carboxylic acids is 1. The summed E-state index contributed by atoms with van der Waals surface area (Å²) in [6.07, 6.45) is 1.44. The molecule has 5 heteroatoms. The highest BCUT2D eigenvalue weighted by Crippen LogP contribution is 2.21. The summed E-state index contributed by atoms with van der Waals surface area (Å²) in [7, 11) is -3.27. The highest BCUT2D eigenvalue weighted by atomic mass is 35.5. The number of rotatable bonds is 3. The normalized spacial score (nSPS) is 11.4. The molecule has 0 radical (unpaired) electrons. The third kappa shape index (κ3) is 2.79. The lowest BCUT2D eigenvalue weighted by Crippen LogP contribution is -2.01. The number of carbonyl (C=O) groups is 1. The van der Waals surface area contributed by atoms with Gasteiger partial charge in [-0.15, -0.1) is 0 Å². The Labute approximate surface area is 94.0 Å². The second kappa shape index (κ2) is 4.33. The summed E-state index contributed by atoms with van der Waals surface area (Å²) < 4.78 is 22.4. The van der Waals surface area contributed by atoms with E-state index in [-0.39, 0.29) is 15.7 Å². The molecule has 0 aromatic heterocycles. The van der Waals surface area contributed by atoms with E-state index in [1.807, 2.05) is 0 Å². The SMILES string of the molecule is CCC(=O)c1ccc(S(C)(=O)=O)cc1Cl. The highest BCUT2D eigenvalue weighted by molar-refractivity contribution is 7.90. The summed E-state index contributed by atoms with van der Waals surface area (Å²) in [4.78, 5) is 11.5. The maximum absolute atomic E-state index is 11.4. The Morgan fingerprint density at radius 1 is 1.40 bits per heavy atom. The molecular formula is C10H11ClO3S. The Morgan fingerprint density at radius 2 is 2.00 bits per heavy atom. The molecule has 0 spiro atoms. The number of hydrogen-bond acceptors (Lipinski definition) is 3. The molecule has 0 amide bonds. The molecule has 0 N–H and O–H groups in total. The molecule has 0 bridgehead atoms. The molecule has 0 saturated heterocycles. The number of sulfone groups is 1. The van der Waals surface area contributed by atoms with Crippen molar-refractivity contribution in [1.82, 2.24) is 0 Å². The van der Waals surface area contributed by atoms with Gasteiger partial charge in [0, 0.05) is 18.2 Å². The van der Waals surface area contributed by atoms with E-state index in [9.17, 15) is 13.2 Å². The van der Waals surface area contributed by atoms with Gasteiger partial charge in [0.05, 0.1) is 9.92 Å². The van der Waals surface area contributed by atoms with Gasteiger partial charge in [0.2, 0.25) is 0 Å². The van der Waals surface area contributed by atoms with Crippen LogP contribution in [0.4, 0.5) is 0 Å². The van der Waals surface area contributed by atoms with Gasteiger partial charge in [-0.25, -0.2) is 8.42 Å². The van der Waals surface area contributed by atoms with E-state index in [0.717, 1.165) is 6.26 Å². The first-order valence-electron chi connectivity index (χ1n) is 4.39. The minimum absolute atomic E-state index is 0.0972. The van der Waals surface area contributed by atoms with Gasteiger partial charge in [-0.05, 0) is 18.2 Å². The average molecular weight is 247 g/mol. The molecule has 0 atom stereocenters. The Bertz CT molecular complexity index is 491. The minimum atomic E-state index is -3.27. The third-order valence-electron chi connectivity index (χ3n) is 1.99. The lowest BCUT2D eigenvalue weighted by Gasteiger charge is -2.03. The molecule has 3 nitrogen and oxygen atoms in total. The van der Waals surface area contributed by atoms with Gasteiger partial charge in [0.15, 0.2) is 15.6 Å². The summed E-state index contributed by atoms with van der Waals surface area (Å²) in [5.41, 5.74) is 0.367. The van der Waals surface area contributed by atoms with E-state index < -0.39 is 9.84 Å². The fourth-order valence-electron chi connectivity index (χ4n) is 1.14. The molecule has 0 aliphatic heterocycles. The number of benzene rings is 1. The number of ketones is 1. The second-order valence-electron chi connectivity index (χ2n) is 3.19. The fourth-order valence-corrected chi connectivity index (χ4v) is 2.14. The summed E-state index contributed by atoms with van der Waals surface area (Å²) in [5, 5.41) is 0.185. The Hall–Kier alpha value is -0.870. The second-order valence-corrected chi connectivity index (χ2v) is 5.61. The van der Waals surface area contributed by atoms with E-state index in [0.29, 0.717) is 12.0 Å². The van der Waals surface area contributed by atoms with Crippen LogP contribution in [0.15, 0.2) is 23.1 Å². The van der Waals surface area contributed by atoms with Gasteiger partial charge in [0.1, 0.15) is 0 Å². The van der Waals surface area contributed by atoms with Gasteiger partial charge in [0.25, 0.3) is 0 Å². The number of Topliss-reactive ketones (excluding diaryl/α,β-unsaturated/α-hetero) is 1. The Morgan fingerprint density at radius 3 is 2.40 bits per heavy atom. The van der Waals surface area contributed by atoms with Crippen molar-refractivity contribution in [3.05, 3.63) is 28.8 Å². The zero-order chi connectivity index (χ0) is 11.6. The first kappa shape index (κ1) is 12.2. The molecule has 82 valence electrons. The van der Waals surface area contributed by atoms with Gasteiger partial charge in [-0.3, -0.25) is 4.79 Å². The molecule has 1 aromatic rings. The molecule has 1 rings (SSSR count). The standard InChI is InChI=1S/C10H11ClO3S/c1-3-10(12)8-5-4-7(6-9(8)11)15(2,13)14/h4-6H,3H2,1-2H3. The van der Waals surface area contributed by atoms with Gasteiger partial charge in [-0.1, -0.05) is 18.5 Å². The summed E-state index contributed by atoms with van der Waals surface area (Å²) in [6, 6.07) is 4.15. The third-order valence-corrected chi connectivity index (χ3v) is 3.41. The molecule has 1 aromatic carbocycles. The maximum atomic E-state index is 11.4. The molecule has 0 fully saturated rings. The van der Waals surface area contributed by atoms with Crippen molar-refractivity contribution in [2.24, 2.45) is 0 Å². The van der Waals surface area contributed by atoms with E-state index in [1.165, 1.54) is 18.2 Å². The van der Waals surface area contributed by atoms with Crippen LogP contribution >= 0.6 is 11.6 Å². The number of halogens is 1. The topological polar surface area (TPSA) is 51.2 Å². The van der Waals surface area contributed by atoms with Crippen molar-refractivity contribution in [2.45, 2.75) is 18.2 Å². The molecule has 0 saturated carbocycles. The van der Waals surface area contributed by atoms with E-state index in [4.69, 9.17) is 11.6 Å². The van der Waals surface area contributed by atoms with Gasteiger partial charge >= 0.3 is 0 Å². The largest absolute Gasteiger partial charge is 0.294 e. The van der Waals surface area contributed by atoms with Gasteiger partial charge < -0.3 is 0 Å². The van der Waals surface area contributed by atoms with Crippen LogP contribution in [-0.4, -0.2) is 20.5 Å². The zero-order valence-electron chi connectivity index (χ0n) is 8.45. The summed E-state index contributed by atoms with van der Waals surface area (Å²) in [5.74, 6) is -0.0972. The molecular weight excluding hydrogens is 236 g/mol. The van der Waals surface area contributed by atoms with Crippen molar-refractivity contribution < 1.29 is 13.2 Å². The Kier molecular flexibility index (Phi) is 3.52. The predicted molar refractivity (Wildman–Crippen MR) is 59.2 cm³/mol. The monoisotopic (exact) mass is 246 g/mol. The zero-order valence-corrected chi connectivity index (χ0v) is 10.0. The van der Waals surface area contributed by atoms with Crippen molar-refractivity contribution >= 4 is 27.2 Å². The van der Waals surface area contributed by atoms with Crippen LogP contribution in [0, 0.1) is 0 Å². The van der Waals surface area contributed by atoms with Crippen LogP contribution in [-0.2, 0) is 9.84 Å². The highest BCUT2D eigenvalue weighted by Gasteiger charge is 2.13. The van der Waals surface area contributed by atoms with Crippen LogP contribution in [0.25, 0.3) is 0 Å². The molecule has 0 aliphatic carbocycles. The predicted octanol–water partition coefficient (Wildman–Crippen LogP) is 2.34. The smallest absolute Gasteiger partial charge is 0.175 e. The molecule has 0 unspecified atom stereocenters. The lowest BCUT2D eigenvalue weighted by molar-refractivity contribution is 0.0988. The van der Waals surface area contributed by atoms with E-state index in [2.05, 4.69) is 0 Å². The summed E-state index contributed by atoms with van der Waals surface area (Å²) >= 11 is 5.82. The van der Waals surface area contributed by atoms with Crippen LogP contribution in [0.2, 0.25) is 5.02 Å². The Balaban J connectivity index is 3.27. The van der Waals surface area contributed by atoms with Crippen molar-refractivity contribution in [1.29, 1.82) is 0 Å². The van der Waals surface area contributed by atoms with Crippen LogP contribution in [0.1, 0.15) is 23.7 Å². The lowest BCUT2D eigenvalue weighted by atomic mass is 10.1. The summed E-state index contributed by atoms with van der Waals surface area (Å²) in [6.45, 7) is 1.73. The van der Waals surface area contributed by atoms with Crippen molar-refractivity contribution in [3.8, 4) is 0 Å². The van der Waals surface area contributed by atoms with Gasteiger partial charge in [-0.2, -0.15) is 0 Å². The van der Waals surface area contributed by atoms with Crippen LogP contribution in [0.3, 0.4) is 0 Å². The quantitative estimate of drug-likeness (QED) is 0.770. The molecule has 0 heterocycles. The fraction of sp³-hybridized carbons (Fsp3) is 0.300. The first-order valence-corrected chi connectivity index (χ1v) is 6.66. The van der Waals surface area contributed by atoms with E-state index >= 15 is 0 Å². The minimum Gasteiger partial charge on any atom is -0.294 e. The van der Waals surface area contributed by atoms with E-state index in [1.54, 1.807) is 6.92 Å². The average Bonchev–Trinajstić information content (AvgIpc) is 2.15.